The number of ether oxygens (including phenoxy) is 4. The van der Waals surface area contributed by atoms with Crippen molar-refractivity contribution in [1.82, 2.24) is 0 Å². The number of allylic oxidation sites excluding steroid dienone is 1. The van der Waals surface area contributed by atoms with E-state index in [9.17, 15) is 19.7 Å². The van der Waals surface area contributed by atoms with Gasteiger partial charge in [-0.25, -0.2) is 0 Å². The molecule has 0 amide bonds. The predicted molar refractivity (Wildman–Crippen MR) is 149 cm³/mol. The molecule has 3 aromatic carbocycles. The number of hydrogen-bond donors (Lipinski definition) is 0. The monoisotopic (exact) mass is 545 g/mol. The van der Waals surface area contributed by atoms with E-state index in [1.54, 1.807) is 79.9 Å². The lowest BCUT2D eigenvalue weighted by Crippen LogP contribution is -2.48. The molecule has 1 saturated carbocycles. The fraction of sp³-hybridized carbons (Fsp3) is 0.290. The third-order valence-corrected chi connectivity index (χ3v) is 7.35. The second-order valence-corrected chi connectivity index (χ2v) is 9.45. The molecule has 0 aliphatic heterocycles. The average molecular weight is 546 g/mol. The molecule has 208 valence electrons. The molecule has 1 aliphatic carbocycles. The molecule has 9 heteroatoms. The van der Waals surface area contributed by atoms with Gasteiger partial charge in [-0.3, -0.25) is 19.7 Å². The highest BCUT2D eigenvalue weighted by molar-refractivity contribution is 6.10. The van der Waals surface area contributed by atoms with Crippen LogP contribution in [-0.2, 0) is 9.59 Å². The van der Waals surface area contributed by atoms with E-state index in [1.807, 2.05) is 0 Å². The van der Waals surface area contributed by atoms with E-state index >= 15 is 0 Å². The van der Waals surface area contributed by atoms with Crippen molar-refractivity contribution in [3.8, 4) is 23.0 Å². The molecular weight excluding hydrogens is 514 g/mol. The van der Waals surface area contributed by atoms with Gasteiger partial charge in [-0.05, 0) is 59.2 Å². The average Bonchev–Trinajstić information content (AvgIpc) is 2.99. The molecule has 1 aliphatic rings. The summed E-state index contributed by atoms with van der Waals surface area (Å²) in [5, 5.41) is 12.7. The van der Waals surface area contributed by atoms with Crippen LogP contribution in [-0.4, -0.2) is 51.0 Å². The maximum Gasteiger partial charge on any atom is 0.228 e. The summed E-state index contributed by atoms with van der Waals surface area (Å²) in [5.41, 5.74) is 1.80. The highest BCUT2D eigenvalue weighted by atomic mass is 16.6. The van der Waals surface area contributed by atoms with Crippen LogP contribution in [0.4, 0.5) is 0 Å². The molecule has 0 N–H and O–H groups in total. The molecule has 4 rings (SSSR count). The number of benzene rings is 3. The van der Waals surface area contributed by atoms with Gasteiger partial charge in [0.2, 0.25) is 6.04 Å². The Bertz CT molecular complexity index is 1400. The minimum atomic E-state index is -1.26. The zero-order valence-electron chi connectivity index (χ0n) is 22.7. The summed E-state index contributed by atoms with van der Waals surface area (Å²) in [6.45, 7) is 0. The summed E-state index contributed by atoms with van der Waals surface area (Å²) in [4.78, 5) is 39.7. The Hall–Kier alpha value is -4.66. The third-order valence-electron chi connectivity index (χ3n) is 7.35. The topological polar surface area (TPSA) is 114 Å². The first-order chi connectivity index (χ1) is 19.3. The Morgan fingerprint density at radius 2 is 1.40 bits per heavy atom. The zero-order chi connectivity index (χ0) is 28.8. The summed E-state index contributed by atoms with van der Waals surface area (Å²) in [6.07, 6.45) is 2.77. The summed E-state index contributed by atoms with van der Waals surface area (Å²) < 4.78 is 21.2. The fourth-order valence-electron chi connectivity index (χ4n) is 5.34. The molecule has 40 heavy (non-hydrogen) atoms. The molecule has 0 saturated heterocycles. The number of rotatable bonds is 10. The van der Waals surface area contributed by atoms with Gasteiger partial charge in [-0.15, -0.1) is 0 Å². The van der Waals surface area contributed by atoms with E-state index in [0.29, 0.717) is 34.1 Å². The Morgan fingerprint density at radius 1 is 0.825 bits per heavy atom. The van der Waals surface area contributed by atoms with Gasteiger partial charge in [0.25, 0.3) is 0 Å². The molecule has 0 bridgehead atoms. The van der Waals surface area contributed by atoms with Crippen LogP contribution in [0.1, 0.15) is 34.9 Å². The Morgan fingerprint density at radius 3 is 1.95 bits per heavy atom. The van der Waals surface area contributed by atoms with Gasteiger partial charge < -0.3 is 18.9 Å². The number of methoxy groups -OCH3 is 4. The SMILES string of the molecule is COc1ccc(/C=C/C(=O)C2C(=O)C[C@H](c3ccc(OC)cc3)[C@H]([N+](=O)[O-])[C@H]2c2ccc(OC)c(OC)c2)cc1. The number of hydrogen-bond acceptors (Lipinski definition) is 8. The van der Waals surface area contributed by atoms with E-state index in [-0.39, 0.29) is 17.1 Å². The number of nitro groups is 1. The predicted octanol–water partition coefficient (Wildman–Crippen LogP) is 5.11. The maximum atomic E-state index is 13.7. The lowest BCUT2D eigenvalue weighted by molar-refractivity contribution is -0.533. The first kappa shape index (κ1) is 28.4. The van der Waals surface area contributed by atoms with Gasteiger partial charge in [0.1, 0.15) is 17.3 Å². The van der Waals surface area contributed by atoms with Crippen molar-refractivity contribution in [2.45, 2.75) is 24.3 Å². The van der Waals surface area contributed by atoms with Crippen LogP contribution in [0.5, 0.6) is 23.0 Å². The first-order valence-corrected chi connectivity index (χ1v) is 12.7. The summed E-state index contributed by atoms with van der Waals surface area (Å²) in [7, 11) is 6.03. The normalized spacial score (nSPS) is 20.6. The molecule has 1 fully saturated rings. The highest BCUT2D eigenvalue weighted by Gasteiger charge is 2.54. The molecule has 0 radical (unpaired) electrons. The molecule has 0 heterocycles. The lowest BCUT2D eigenvalue weighted by atomic mass is 9.64. The Balaban J connectivity index is 1.80. The first-order valence-electron chi connectivity index (χ1n) is 12.7. The van der Waals surface area contributed by atoms with E-state index in [0.717, 1.165) is 5.56 Å². The van der Waals surface area contributed by atoms with Crippen molar-refractivity contribution in [2.24, 2.45) is 5.92 Å². The van der Waals surface area contributed by atoms with Crippen molar-refractivity contribution in [2.75, 3.05) is 28.4 Å². The van der Waals surface area contributed by atoms with E-state index in [4.69, 9.17) is 18.9 Å². The summed E-state index contributed by atoms with van der Waals surface area (Å²) in [6, 6.07) is 17.6. The summed E-state index contributed by atoms with van der Waals surface area (Å²) in [5.74, 6) is -1.87. The van der Waals surface area contributed by atoms with Crippen LogP contribution in [0.2, 0.25) is 0 Å². The minimum absolute atomic E-state index is 0.144. The Kier molecular flexibility index (Phi) is 8.83. The molecule has 4 atom stereocenters. The highest BCUT2D eigenvalue weighted by Crippen LogP contribution is 2.47. The molecule has 0 spiro atoms. The van der Waals surface area contributed by atoms with Crippen LogP contribution in [0, 0.1) is 16.0 Å². The third kappa shape index (κ3) is 5.83. The molecule has 1 unspecified atom stereocenters. The van der Waals surface area contributed by atoms with Gasteiger partial charge in [-0.1, -0.05) is 36.4 Å². The largest absolute Gasteiger partial charge is 0.497 e. The second kappa shape index (κ2) is 12.5. The number of carbonyl (C=O) groups excluding carboxylic acids is 2. The lowest BCUT2D eigenvalue weighted by Gasteiger charge is -2.37. The number of carbonyl (C=O) groups is 2. The second-order valence-electron chi connectivity index (χ2n) is 9.45. The smallest absolute Gasteiger partial charge is 0.228 e. The van der Waals surface area contributed by atoms with Crippen molar-refractivity contribution < 1.29 is 33.5 Å². The number of nitrogens with zero attached hydrogens (tertiary/aromatic N) is 1. The van der Waals surface area contributed by atoms with Crippen LogP contribution in [0.25, 0.3) is 6.08 Å². The van der Waals surface area contributed by atoms with Crippen molar-refractivity contribution in [3.63, 3.8) is 0 Å². The fourth-order valence-corrected chi connectivity index (χ4v) is 5.34. The number of ketones is 2. The molecule has 3 aromatic rings. The van der Waals surface area contributed by atoms with Gasteiger partial charge in [-0.2, -0.15) is 0 Å². The van der Waals surface area contributed by atoms with Crippen molar-refractivity contribution in [3.05, 3.63) is 99.6 Å². The van der Waals surface area contributed by atoms with Crippen LogP contribution < -0.4 is 18.9 Å². The Labute approximate surface area is 232 Å². The molecule has 9 nitrogen and oxygen atoms in total. The van der Waals surface area contributed by atoms with E-state index < -0.39 is 29.6 Å². The standard InChI is InChI=1S/C31H31NO8/c1-37-22-11-5-19(6-12-22)7-15-25(33)30-26(34)18-24(20-8-13-23(38-2)14-9-20)31(32(35)36)29(30)21-10-16-27(39-3)28(17-21)40-4/h5-17,24,29-31H,18H2,1-4H3/b15-7+/t24-,29+,30?,31+/m1/s1. The quantitative estimate of drug-likeness (QED) is 0.150. The molecule has 0 aromatic heterocycles. The van der Waals surface area contributed by atoms with Gasteiger partial charge in [0, 0.05) is 11.3 Å². The zero-order valence-corrected chi connectivity index (χ0v) is 22.7. The van der Waals surface area contributed by atoms with Crippen molar-refractivity contribution in [1.29, 1.82) is 0 Å². The van der Waals surface area contributed by atoms with Gasteiger partial charge in [0.05, 0.1) is 46.2 Å². The van der Waals surface area contributed by atoms with Crippen LogP contribution in [0.15, 0.2) is 72.8 Å². The van der Waals surface area contributed by atoms with Crippen LogP contribution >= 0.6 is 0 Å². The maximum absolute atomic E-state index is 13.7. The van der Waals surface area contributed by atoms with Crippen molar-refractivity contribution >= 4 is 17.6 Å². The molecular formula is C31H31NO8. The van der Waals surface area contributed by atoms with Gasteiger partial charge >= 0.3 is 0 Å². The van der Waals surface area contributed by atoms with E-state index in [2.05, 4.69) is 0 Å². The van der Waals surface area contributed by atoms with Gasteiger partial charge in [0.15, 0.2) is 17.3 Å². The number of Topliss-reactive ketones (excluding diaryl/α,β-unsaturated/α-hetero) is 1. The van der Waals surface area contributed by atoms with Crippen LogP contribution in [0.3, 0.4) is 0 Å². The summed E-state index contributed by atoms with van der Waals surface area (Å²) >= 11 is 0. The minimum Gasteiger partial charge on any atom is -0.497 e. The van der Waals surface area contributed by atoms with E-state index in [1.165, 1.54) is 27.4 Å².